The highest BCUT2D eigenvalue weighted by molar-refractivity contribution is 5.86. The van der Waals surface area contributed by atoms with E-state index in [1.165, 1.54) is 11.6 Å². The van der Waals surface area contributed by atoms with Crippen molar-refractivity contribution in [2.75, 3.05) is 5.43 Å². The van der Waals surface area contributed by atoms with Crippen molar-refractivity contribution in [3.63, 3.8) is 0 Å². The molecule has 0 unspecified atom stereocenters. The molecule has 0 aliphatic rings. The Bertz CT molecular complexity index is 1620. The molecule has 0 bridgehead atoms. The Hall–Kier alpha value is -4.46. The number of rotatable bonds is 5. The molecule has 164 valence electrons. The van der Waals surface area contributed by atoms with E-state index in [-0.39, 0.29) is 0 Å². The number of fused-ring (bicyclic) bond motifs is 2. The standard InChI is InChI=1S/C25H22N6O2/c1-29-22-21(23(32)30(2)25(29)33)31(16-19-13-8-12-18-11-6-7-14-20(18)19)24(27-22)28-26-15-17-9-4-3-5-10-17/h3-15H,16H2,1-2H3,(H,27,28)/b26-15-. The molecule has 5 aromatic rings. The fourth-order valence-electron chi connectivity index (χ4n) is 3.99. The molecule has 33 heavy (non-hydrogen) atoms. The molecule has 3 aromatic carbocycles. The fourth-order valence-corrected chi connectivity index (χ4v) is 3.99. The molecule has 0 saturated carbocycles. The molecule has 0 amide bonds. The Balaban J connectivity index is 1.67. The maximum atomic E-state index is 13.1. The molecule has 0 fully saturated rings. The maximum absolute atomic E-state index is 13.1. The van der Waals surface area contributed by atoms with Crippen molar-refractivity contribution in [3.8, 4) is 0 Å². The van der Waals surface area contributed by atoms with Crippen LogP contribution in [0.3, 0.4) is 0 Å². The molecule has 5 rings (SSSR count). The number of nitrogens with one attached hydrogen (secondary N) is 1. The molecule has 0 atom stereocenters. The van der Waals surface area contributed by atoms with Crippen LogP contribution in [-0.2, 0) is 20.6 Å². The van der Waals surface area contributed by atoms with Crippen LogP contribution >= 0.6 is 0 Å². The topological polar surface area (TPSA) is 86.2 Å². The van der Waals surface area contributed by atoms with Gasteiger partial charge in [0.05, 0.1) is 12.8 Å². The number of imidazole rings is 1. The average Bonchev–Trinajstić information content (AvgIpc) is 3.20. The molecule has 2 aromatic heterocycles. The molecule has 1 N–H and O–H groups in total. The first-order valence-corrected chi connectivity index (χ1v) is 10.5. The van der Waals surface area contributed by atoms with Crippen LogP contribution in [0.2, 0.25) is 0 Å². The summed E-state index contributed by atoms with van der Waals surface area (Å²) in [5.74, 6) is 0.378. The van der Waals surface area contributed by atoms with Gasteiger partial charge in [-0.15, -0.1) is 0 Å². The lowest BCUT2D eigenvalue weighted by Gasteiger charge is -2.11. The third-order valence-electron chi connectivity index (χ3n) is 5.73. The zero-order valence-corrected chi connectivity index (χ0v) is 18.3. The van der Waals surface area contributed by atoms with Crippen LogP contribution in [0.5, 0.6) is 0 Å². The Morgan fingerprint density at radius 1 is 0.909 bits per heavy atom. The molecule has 0 spiro atoms. The van der Waals surface area contributed by atoms with Gasteiger partial charge in [0.1, 0.15) is 0 Å². The van der Waals surface area contributed by atoms with Crippen molar-refractivity contribution in [1.29, 1.82) is 0 Å². The molecule has 0 saturated heterocycles. The monoisotopic (exact) mass is 438 g/mol. The van der Waals surface area contributed by atoms with Crippen LogP contribution in [0.15, 0.2) is 87.5 Å². The van der Waals surface area contributed by atoms with Crippen molar-refractivity contribution in [3.05, 3.63) is 105 Å². The van der Waals surface area contributed by atoms with Crippen LogP contribution in [0, 0.1) is 0 Å². The highest BCUT2D eigenvalue weighted by atomic mass is 16.2. The molecule has 8 nitrogen and oxygen atoms in total. The number of benzene rings is 3. The minimum absolute atomic E-state index is 0.306. The first-order valence-electron chi connectivity index (χ1n) is 10.5. The largest absolute Gasteiger partial charge is 0.332 e. The normalized spacial score (nSPS) is 11.6. The number of aromatic nitrogens is 4. The number of hydrogen-bond acceptors (Lipinski definition) is 5. The lowest BCUT2D eigenvalue weighted by atomic mass is 10.0. The number of aryl methyl sites for hydroxylation is 1. The predicted molar refractivity (Wildman–Crippen MR) is 131 cm³/mol. The summed E-state index contributed by atoms with van der Waals surface area (Å²) in [6, 6.07) is 23.8. The van der Waals surface area contributed by atoms with E-state index in [2.05, 4.69) is 33.7 Å². The van der Waals surface area contributed by atoms with Gasteiger partial charge in [0.25, 0.3) is 5.56 Å². The molecule has 8 heteroatoms. The molecule has 0 aliphatic carbocycles. The zero-order chi connectivity index (χ0) is 22.9. The Labute approximate surface area is 189 Å². The molecule has 0 aliphatic heterocycles. The van der Waals surface area contributed by atoms with Crippen molar-refractivity contribution in [2.24, 2.45) is 19.2 Å². The smallest absolute Gasteiger partial charge is 0.298 e. The summed E-state index contributed by atoms with van der Waals surface area (Å²) in [6.07, 6.45) is 1.68. The van der Waals surface area contributed by atoms with Gasteiger partial charge in [0, 0.05) is 14.1 Å². The zero-order valence-electron chi connectivity index (χ0n) is 18.3. The number of hydrazone groups is 1. The van der Waals surface area contributed by atoms with E-state index in [4.69, 9.17) is 0 Å². The molecule has 2 heterocycles. The number of hydrogen-bond donors (Lipinski definition) is 1. The van der Waals surface area contributed by atoms with E-state index >= 15 is 0 Å². The number of nitrogens with zero attached hydrogens (tertiary/aromatic N) is 5. The van der Waals surface area contributed by atoms with Crippen molar-refractivity contribution >= 4 is 34.1 Å². The van der Waals surface area contributed by atoms with Gasteiger partial charge in [-0.3, -0.25) is 18.5 Å². The molecular formula is C25H22N6O2. The van der Waals surface area contributed by atoms with Gasteiger partial charge in [0.2, 0.25) is 5.95 Å². The van der Waals surface area contributed by atoms with Gasteiger partial charge >= 0.3 is 5.69 Å². The lowest BCUT2D eigenvalue weighted by molar-refractivity contribution is 0.703. The van der Waals surface area contributed by atoms with Crippen molar-refractivity contribution in [1.82, 2.24) is 18.7 Å². The summed E-state index contributed by atoms with van der Waals surface area (Å²) in [6.45, 7) is 0.383. The van der Waals surface area contributed by atoms with Crippen LogP contribution in [0.25, 0.3) is 21.9 Å². The van der Waals surface area contributed by atoms with Crippen LogP contribution in [0.4, 0.5) is 5.95 Å². The quantitative estimate of drug-likeness (QED) is 0.338. The van der Waals surface area contributed by atoms with Gasteiger partial charge in [-0.2, -0.15) is 10.1 Å². The minimum Gasteiger partial charge on any atom is -0.298 e. The average molecular weight is 438 g/mol. The third kappa shape index (κ3) is 3.61. The van der Waals surface area contributed by atoms with Crippen LogP contribution in [-0.4, -0.2) is 24.9 Å². The number of anilines is 1. The van der Waals surface area contributed by atoms with E-state index in [1.807, 2.05) is 54.6 Å². The van der Waals surface area contributed by atoms with Crippen molar-refractivity contribution in [2.45, 2.75) is 6.54 Å². The highest BCUT2D eigenvalue weighted by Crippen LogP contribution is 2.23. The van der Waals surface area contributed by atoms with E-state index in [0.29, 0.717) is 23.7 Å². The molecule has 0 radical (unpaired) electrons. The summed E-state index contributed by atoms with van der Waals surface area (Å²) in [5, 5.41) is 6.51. The second kappa shape index (κ2) is 8.23. The first kappa shape index (κ1) is 20.4. The summed E-state index contributed by atoms with van der Waals surface area (Å²) >= 11 is 0. The van der Waals surface area contributed by atoms with E-state index < -0.39 is 11.2 Å². The van der Waals surface area contributed by atoms with Gasteiger partial charge in [0.15, 0.2) is 11.2 Å². The summed E-state index contributed by atoms with van der Waals surface area (Å²) in [4.78, 5) is 30.2. The Morgan fingerprint density at radius 3 is 2.45 bits per heavy atom. The van der Waals surface area contributed by atoms with Crippen LogP contribution in [0.1, 0.15) is 11.1 Å². The summed E-state index contributed by atoms with van der Waals surface area (Å²) < 4.78 is 4.25. The molecular weight excluding hydrogens is 416 g/mol. The second-order valence-electron chi connectivity index (χ2n) is 7.82. The third-order valence-corrected chi connectivity index (χ3v) is 5.73. The minimum atomic E-state index is -0.429. The predicted octanol–water partition coefficient (Wildman–Crippen LogP) is 3.08. The summed E-state index contributed by atoms with van der Waals surface area (Å²) in [5.41, 5.74) is 4.73. The highest BCUT2D eigenvalue weighted by Gasteiger charge is 2.19. The van der Waals surface area contributed by atoms with Gasteiger partial charge in [-0.05, 0) is 21.9 Å². The summed E-state index contributed by atoms with van der Waals surface area (Å²) in [7, 11) is 3.08. The Morgan fingerprint density at radius 2 is 1.64 bits per heavy atom. The van der Waals surface area contributed by atoms with Crippen LogP contribution < -0.4 is 16.7 Å². The lowest BCUT2D eigenvalue weighted by Crippen LogP contribution is -2.37. The van der Waals surface area contributed by atoms with E-state index in [0.717, 1.165) is 26.5 Å². The first-order chi connectivity index (χ1) is 16.0. The maximum Gasteiger partial charge on any atom is 0.332 e. The van der Waals surface area contributed by atoms with Gasteiger partial charge < -0.3 is 0 Å². The van der Waals surface area contributed by atoms with Gasteiger partial charge in [-0.1, -0.05) is 72.8 Å². The SMILES string of the molecule is Cn1c(=O)c2c(nc(N/N=C\c3ccccc3)n2Cc2cccc3ccccc23)n(C)c1=O. The van der Waals surface area contributed by atoms with Crippen molar-refractivity contribution < 1.29 is 0 Å². The van der Waals surface area contributed by atoms with E-state index in [1.54, 1.807) is 17.8 Å². The van der Waals surface area contributed by atoms with E-state index in [9.17, 15) is 9.59 Å². The Kier molecular flexibility index (Phi) is 5.10. The fraction of sp³-hybridized carbons (Fsp3) is 0.120. The second-order valence-corrected chi connectivity index (χ2v) is 7.82. The van der Waals surface area contributed by atoms with Gasteiger partial charge in [-0.25, -0.2) is 10.2 Å².